The van der Waals surface area contributed by atoms with Gasteiger partial charge in [0.15, 0.2) is 10.1 Å². The number of hydrogen-bond donors (Lipinski definition) is 1. The number of thioether (sulfide) groups is 1. The van der Waals surface area contributed by atoms with E-state index in [-0.39, 0.29) is 5.78 Å². The lowest BCUT2D eigenvalue weighted by molar-refractivity contribution is 0.102. The summed E-state index contributed by atoms with van der Waals surface area (Å²) in [6, 6.07) is 14.0. The topological polar surface area (TPSA) is 54.9 Å². The zero-order valence-corrected chi connectivity index (χ0v) is 16.0. The van der Waals surface area contributed by atoms with Crippen molar-refractivity contribution in [1.82, 2.24) is 10.2 Å². The Morgan fingerprint density at radius 1 is 1.08 bits per heavy atom. The van der Waals surface area contributed by atoms with Crippen molar-refractivity contribution in [3.05, 3.63) is 64.7 Å². The van der Waals surface area contributed by atoms with E-state index < -0.39 is 0 Å². The molecule has 0 fully saturated rings. The molecule has 128 valence electrons. The zero-order valence-electron chi connectivity index (χ0n) is 14.4. The minimum Gasteiger partial charge on any atom is -0.330 e. The van der Waals surface area contributed by atoms with E-state index in [1.807, 2.05) is 57.2 Å². The Morgan fingerprint density at radius 2 is 1.88 bits per heavy atom. The van der Waals surface area contributed by atoms with Crippen molar-refractivity contribution in [3.8, 4) is 0 Å². The van der Waals surface area contributed by atoms with Crippen LogP contribution in [-0.2, 0) is 0 Å². The second kappa shape index (κ2) is 7.80. The van der Waals surface area contributed by atoms with Gasteiger partial charge in [0.25, 0.3) is 0 Å². The van der Waals surface area contributed by atoms with Crippen molar-refractivity contribution < 1.29 is 4.79 Å². The van der Waals surface area contributed by atoms with Gasteiger partial charge < -0.3 is 5.32 Å². The molecule has 4 nitrogen and oxygen atoms in total. The minimum atomic E-state index is 0.117. The number of Topliss-reactive ketones (excluding diaryl/α,β-unsaturated/α-hetero) is 1. The monoisotopic (exact) mass is 369 g/mol. The van der Waals surface area contributed by atoms with Gasteiger partial charge in [0.05, 0.1) is 5.75 Å². The first kappa shape index (κ1) is 17.6. The summed E-state index contributed by atoms with van der Waals surface area (Å²) >= 11 is 2.88. The van der Waals surface area contributed by atoms with E-state index in [1.54, 1.807) is 0 Å². The summed E-state index contributed by atoms with van der Waals surface area (Å²) < 4.78 is 0.785. The maximum Gasteiger partial charge on any atom is 0.210 e. The second-order valence-corrected chi connectivity index (χ2v) is 8.10. The quantitative estimate of drug-likeness (QED) is 0.479. The molecular weight excluding hydrogens is 350 g/mol. The molecule has 0 radical (unpaired) electrons. The van der Waals surface area contributed by atoms with Crippen molar-refractivity contribution in [2.45, 2.75) is 25.1 Å². The van der Waals surface area contributed by atoms with Gasteiger partial charge in [-0.2, -0.15) is 0 Å². The maximum absolute atomic E-state index is 12.4. The number of ketones is 1. The molecule has 0 amide bonds. The minimum absolute atomic E-state index is 0.117. The largest absolute Gasteiger partial charge is 0.330 e. The van der Waals surface area contributed by atoms with Gasteiger partial charge in [-0.15, -0.1) is 10.2 Å². The van der Waals surface area contributed by atoms with Crippen LogP contribution in [0.25, 0.3) is 0 Å². The van der Waals surface area contributed by atoms with E-state index in [0.29, 0.717) is 5.75 Å². The number of nitrogens with zero attached hydrogens (tertiary/aromatic N) is 2. The van der Waals surface area contributed by atoms with Crippen LogP contribution in [-0.4, -0.2) is 21.7 Å². The molecule has 0 saturated heterocycles. The Bertz CT molecular complexity index is 905. The van der Waals surface area contributed by atoms with Gasteiger partial charge in [-0.05, 0) is 44.0 Å². The van der Waals surface area contributed by atoms with E-state index in [2.05, 4.69) is 21.6 Å². The molecule has 0 unspecified atom stereocenters. The smallest absolute Gasteiger partial charge is 0.210 e. The van der Waals surface area contributed by atoms with E-state index in [9.17, 15) is 4.79 Å². The molecule has 0 spiro atoms. The lowest BCUT2D eigenvalue weighted by Gasteiger charge is -2.05. The first-order valence-electron chi connectivity index (χ1n) is 7.92. The summed E-state index contributed by atoms with van der Waals surface area (Å²) in [4.78, 5) is 12.4. The molecule has 6 heteroatoms. The standard InChI is InChI=1S/C19H19N3OS2/c1-12-5-4-6-15(10-12)20-18-21-22-19(25-18)24-11-17(23)16-8-7-13(2)9-14(16)3/h4-10H,11H2,1-3H3,(H,20,21). The molecule has 0 saturated carbocycles. The highest BCUT2D eigenvalue weighted by molar-refractivity contribution is 8.01. The van der Waals surface area contributed by atoms with Gasteiger partial charge in [0.2, 0.25) is 5.13 Å². The molecule has 0 bridgehead atoms. The van der Waals surface area contributed by atoms with Crippen LogP contribution in [0.5, 0.6) is 0 Å². The molecule has 0 atom stereocenters. The zero-order chi connectivity index (χ0) is 17.8. The van der Waals surface area contributed by atoms with Crippen molar-refractivity contribution >= 4 is 39.7 Å². The highest BCUT2D eigenvalue weighted by atomic mass is 32.2. The predicted molar refractivity (Wildman–Crippen MR) is 105 cm³/mol. The SMILES string of the molecule is Cc1cccc(Nc2nnc(SCC(=O)c3ccc(C)cc3C)s2)c1. The number of rotatable bonds is 6. The van der Waals surface area contributed by atoms with E-state index in [4.69, 9.17) is 0 Å². The Balaban J connectivity index is 1.60. The molecule has 1 heterocycles. The van der Waals surface area contributed by atoms with Crippen LogP contribution < -0.4 is 5.32 Å². The summed E-state index contributed by atoms with van der Waals surface area (Å²) in [5.74, 6) is 0.481. The average Bonchev–Trinajstić information content (AvgIpc) is 3.00. The normalized spacial score (nSPS) is 10.7. The summed E-state index contributed by atoms with van der Waals surface area (Å²) in [7, 11) is 0. The fourth-order valence-electron chi connectivity index (χ4n) is 2.50. The number of anilines is 2. The molecule has 0 aliphatic carbocycles. The summed E-state index contributed by atoms with van der Waals surface area (Å²) in [6.45, 7) is 6.05. The fourth-order valence-corrected chi connectivity index (χ4v) is 4.15. The van der Waals surface area contributed by atoms with E-state index in [1.165, 1.54) is 28.7 Å². The van der Waals surface area contributed by atoms with Gasteiger partial charge in [-0.25, -0.2) is 0 Å². The Labute approximate surface area is 155 Å². The molecule has 0 aliphatic heterocycles. The van der Waals surface area contributed by atoms with Crippen molar-refractivity contribution in [3.63, 3.8) is 0 Å². The fraction of sp³-hybridized carbons (Fsp3) is 0.211. The third-order valence-corrected chi connectivity index (χ3v) is 5.66. The lowest BCUT2D eigenvalue weighted by Crippen LogP contribution is -2.04. The third-order valence-electron chi connectivity index (χ3n) is 3.68. The van der Waals surface area contributed by atoms with Crippen molar-refractivity contribution in [1.29, 1.82) is 0 Å². The first-order chi connectivity index (χ1) is 12.0. The Hall–Kier alpha value is -2.18. The number of benzene rings is 2. The summed E-state index contributed by atoms with van der Waals surface area (Å²) in [5, 5.41) is 12.3. The number of aromatic nitrogens is 2. The molecule has 2 aromatic carbocycles. The molecular formula is C19H19N3OS2. The van der Waals surface area contributed by atoms with Crippen LogP contribution in [0.3, 0.4) is 0 Å². The number of carbonyl (C=O) groups is 1. The van der Waals surface area contributed by atoms with Crippen LogP contribution in [0.1, 0.15) is 27.0 Å². The Kier molecular flexibility index (Phi) is 5.50. The van der Waals surface area contributed by atoms with Crippen LogP contribution in [0.2, 0.25) is 0 Å². The van der Waals surface area contributed by atoms with Gasteiger partial charge in [-0.3, -0.25) is 4.79 Å². The molecule has 3 aromatic rings. The van der Waals surface area contributed by atoms with Gasteiger partial charge in [0, 0.05) is 11.3 Å². The third kappa shape index (κ3) is 4.67. The van der Waals surface area contributed by atoms with Crippen molar-refractivity contribution in [2.24, 2.45) is 0 Å². The maximum atomic E-state index is 12.4. The summed E-state index contributed by atoms with van der Waals surface area (Å²) in [5.41, 5.74) is 5.13. The number of nitrogens with one attached hydrogen (secondary N) is 1. The number of carbonyl (C=O) groups excluding carboxylic acids is 1. The highest BCUT2D eigenvalue weighted by Gasteiger charge is 2.12. The van der Waals surface area contributed by atoms with Gasteiger partial charge >= 0.3 is 0 Å². The highest BCUT2D eigenvalue weighted by Crippen LogP contribution is 2.28. The molecule has 25 heavy (non-hydrogen) atoms. The molecule has 1 N–H and O–H groups in total. The number of hydrogen-bond acceptors (Lipinski definition) is 6. The first-order valence-corrected chi connectivity index (χ1v) is 9.72. The van der Waals surface area contributed by atoms with Crippen LogP contribution in [0, 0.1) is 20.8 Å². The van der Waals surface area contributed by atoms with E-state index >= 15 is 0 Å². The van der Waals surface area contributed by atoms with Crippen molar-refractivity contribution in [2.75, 3.05) is 11.1 Å². The average molecular weight is 370 g/mol. The summed E-state index contributed by atoms with van der Waals surface area (Å²) in [6.07, 6.45) is 0. The molecule has 3 rings (SSSR count). The Morgan fingerprint density at radius 3 is 2.64 bits per heavy atom. The number of aryl methyl sites for hydroxylation is 3. The van der Waals surface area contributed by atoms with Gasteiger partial charge in [0.1, 0.15) is 0 Å². The van der Waals surface area contributed by atoms with Crippen LogP contribution >= 0.6 is 23.1 Å². The van der Waals surface area contributed by atoms with E-state index in [0.717, 1.165) is 31.8 Å². The second-order valence-electron chi connectivity index (χ2n) is 5.90. The predicted octanol–water partition coefficient (Wildman–Crippen LogP) is 5.18. The lowest BCUT2D eigenvalue weighted by atomic mass is 10.0. The van der Waals surface area contributed by atoms with Crippen LogP contribution in [0.15, 0.2) is 46.8 Å². The molecule has 1 aromatic heterocycles. The van der Waals surface area contributed by atoms with Gasteiger partial charge in [-0.1, -0.05) is 59.0 Å². The molecule has 0 aliphatic rings. The van der Waals surface area contributed by atoms with Crippen LogP contribution in [0.4, 0.5) is 10.8 Å².